The number of hydrogen-bond donors (Lipinski definition) is 1. The van der Waals surface area contributed by atoms with E-state index in [9.17, 15) is 0 Å². The van der Waals surface area contributed by atoms with Crippen molar-refractivity contribution < 1.29 is 0 Å². The van der Waals surface area contributed by atoms with Gasteiger partial charge in [-0.2, -0.15) is 0 Å². The SMILES string of the molecule is C=C(CCC(=C)c1ccc(C)c(CC)c1)N/C(=C/Cc1ccccc1)SC(=C)C/C(C)=C/CC.C=CC.CC. The van der Waals surface area contributed by atoms with Crippen molar-refractivity contribution in [2.24, 2.45) is 0 Å². The van der Waals surface area contributed by atoms with Crippen LogP contribution in [0.15, 0.2) is 114 Å². The van der Waals surface area contributed by atoms with Crippen molar-refractivity contribution in [3.05, 3.63) is 137 Å². The minimum atomic E-state index is 0.846. The zero-order valence-electron chi connectivity index (χ0n) is 25.8. The molecule has 0 bridgehead atoms. The summed E-state index contributed by atoms with van der Waals surface area (Å²) in [5.41, 5.74) is 8.79. The Bertz CT molecular complexity index is 1090. The van der Waals surface area contributed by atoms with Gasteiger partial charge in [0.1, 0.15) is 0 Å². The molecule has 0 aliphatic heterocycles. The van der Waals surface area contributed by atoms with Gasteiger partial charge in [0.15, 0.2) is 0 Å². The average molecular weight is 544 g/mol. The molecule has 0 unspecified atom stereocenters. The predicted molar refractivity (Wildman–Crippen MR) is 182 cm³/mol. The number of thioether (sulfide) groups is 1. The molecule has 2 aromatic rings. The molecule has 0 fully saturated rings. The maximum atomic E-state index is 4.35. The Morgan fingerprint density at radius 3 is 2.18 bits per heavy atom. The van der Waals surface area contributed by atoms with E-state index in [-0.39, 0.29) is 0 Å². The first-order valence-electron chi connectivity index (χ1n) is 14.3. The largest absolute Gasteiger partial charge is 0.354 e. The standard InChI is InChI=1S/C32H41NS.C3H6.C2H6/c1-8-13-24(3)22-28(7)34-32(21-19-29-14-11-10-12-15-29)33-27(6)18-16-26(5)31-20-17-25(4)30(9-2)23-31;1-3-2;1-2/h10-15,17,20-21,23,33H,5-9,16,18-19,22H2,1-4H3;3H,1H2,2H3;1-2H3/b24-13+,32-21-;;. The average Bonchev–Trinajstić information content (AvgIpc) is 2.92. The van der Waals surface area contributed by atoms with Crippen molar-refractivity contribution in [3.63, 3.8) is 0 Å². The molecule has 0 spiro atoms. The van der Waals surface area contributed by atoms with E-state index in [1.54, 1.807) is 17.8 Å². The topological polar surface area (TPSA) is 12.0 Å². The van der Waals surface area contributed by atoms with Crippen LogP contribution >= 0.6 is 11.8 Å². The third-order valence-corrected chi connectivity index (χ3v) is 6.74. The van der Waals surface area contributed by atoms with Crippen molar-refractivity contribution >= 4 is 17.3 Å². The molecule has 1 N–H and O–H groups in total. The van der Waals surface area contributed by atoms with Gasteiger partial charge < -0.3 is 5.32 Å². The third kappa shape index (κ3) is 15.9. The smallest absolute Gasteiger partial charge is 0.0730 e. The molecule has 39 heavy (non-hydrogen) atoms. The molecule has 0 amide bonds. The van der Waals surface area contributed by atoms with E-state index in [1.807, 2.05) is 20.8 Å². The summed E-state index contributed by atoms with van der Waals surface area (Å²) in [6, 6.07) is 17.2. The fraction of sp³-hybridized carbons (Fsp3) is 0.351. The van der Waals surface area contributed by atoms with E-state index < -0.39 is 0 Å². The highest BCUT2D eigenvalue weighted by Crippen LogP contribution is 2.29. The van der Waals surface area contributed by atoms with Gasteiger partial charge in [-0.1, -0.05) is 125 Å². The summed E-state index contributed by atoms with van der Waals surface area (Å²) in [7, 11) is 0. The van der Waals surface area contributed by atoms with E-state index in [4.69, 9.17) is 0 Å². The Hall–Kier alpha value is -2.97. The van der Waals surface area contributed by atoms with Gasteiger partial charge >= 0.3 is 0 Å². The highest BCUT2D eigenvalue weighted by Gasteiger charge is 2.08. The van der Waals surface area contributed by atoms with Crippen LogP contribution in [0.5, 0.6) is 0 Å². The third-order valence-electron chi connectivity index (χ3n) is 5.82. The highest BCUT2D eigenvalue weighted by atomic mass is 32.2. The summed E-state index contributed by atoms with van der Waals surface area (Å²) in [6.07, 6.45) is 11.9. The molecule has 0 atom stereocenters. The van der Waals surface area contributed by atoms with Gasteiger partial charge in [-0.15, -0.1) is 6.58 Å². The predicted octanol–water partition coefficient (Wildman–Crippen LogP) is 11.8. The van der Waals surface area contributed by atoms with Crippen LogP contribution in [-0.4, -0.2) is 0 Å². The number of allylic oxidation sites excluding steroid dienone is 7. The molecule has 0 aliphatic rings. The number of aryl methyl sites for hydroxylation is 2. The van der Waals surface area contributed by atoms with Gasteiger partial charge in [0.25, 0.3) is 0 Å². The van der Waals surface area contributed by atoms with E-state index in [0.717, 1.165) is 59.7 Å². The van der Waals surface area contributed by atoms with Crippen LogP contribution in [0, 0.1) is 6.92 Å². The number of nitrogens with one attached hydrogen (secondary N) is 1. The van der Waals surface area contributed by atoms with Crippen LogP contribution < -0.4 is 5.32 Å². The maximum absolute atomic E-state index is 4.35. The molecular weight excluding hydrogens is 490 g/mol. The van der Waals surface area contributed by atoms with E-state index in [2.05, 4.69) is 120 Å². The number of hydrogen-bond acceptors (Lipinski definition) is 2. The minimum absolute atomic E-state index is 0.846. The molecule has 0 heterocycles. The molecule has 0 saturated carbocycles. The first-order valence-corrected chi connectivity index (χ1v) is 15.1. The van der Waals surface area contributed by atoms with Crippen LogP contribution in [0.1, 0.15) is 89.5 Å². The lowest BCUT2D eigenvalue weighted by Crippen LogP contribution is -2.10. The molecule has 0 aliphatic carbocycles. The van der Waals surface area contributed by atoms with Crippen molar-refractivity contribution in [2.45, 2.75) is 87.0 Å². The summed E-state index contributed by atoms with van der Waals surface area (Å²) in [5.74, 6) is 0. The molecule has 2 aromatic carbocycles. The lowest BCUT2D eigenvalue weighted by Gasteiger charge is -2.16. The number of rotatable bonds is 14. The summed E-state index contributed by atoms with van der Waals surface area (Å²) in [6.45, 7) is 30.9. The van der Waals surface area contributed by atoms with Crippen LogP contribution in [0.3, 0.4) is 0 Å². The fourth-order valence-corrected chi connectivity index (χ4v) is 4.79. The maximum Gasteiger partial charge on any atom is 0.0730 e. The molecule has 0 aromatic heterocycles. The Morgan fingerprint density at radius 2 is 1.59 bits per heavy atom. The summed E-state index contributed by atoms with van der Waals surface area (Å²) in [5, 5.41) is 4.66. The Labute approximate surface area is 245 Å². The quantitative estimate of drug-likeness (QED) is 0.238. The van der Waals surface area contributed by atoms with Crippen LogP contribution in [-0.2, 0) is 12.8 Å². The first-order chi connectivity index (χ1) is 18.7. The van der Waals surface area contributed by atoms with Crippen molar-refractivity contribution in [1.29, 1.82) is 0 Å². The first kappa shape index (κ1) is 36.0. The molecule has 2 rings (SSSR count). The van der Waals surface area contributed by atoms with Crippen LogP contribution in [0.4, 0.5) is 0 Å². The normalized spacial score (nSPS) is 10.8. The van der Waals surface area contributed by atoms with Gasteiger partial charge in [0, 0.05) is 5.70 Å². The monoisotopic (exact) mass is 543 g/mol. The summed E-state index contributed by atoms with van der Waals surface area (Å²) >= 11 is 1.72. The molecule has 1 nitrogen and oxygen atoms in total. The second-order valence-corrected chi connectivity index (χ2v) is 10.5. The Morgan fingerprint density at radius 1 is 0.949 bits per heavy atom. The molecule has 0 saturated heterocycles. The zero-order valence-corrected chi connectivity index (χ0v) is 26.6. The fourth-order valence-electron chi connectivity index (χ4n) is 3.82. The molecule has 212 valence electrons. The second-order valence-electron chi connectivity index (χ2n) is 9.27. The second kappa shape index (κ2) is 21.9. The van der Waals surface area contributed by atoms with E-state index in [1.165, 1.54) is 27.8 Å². The highest BCUT2D eigenvalue weighted by molar-refractivity contribution is 8.06. The molecular formula is C37H53NS. The van der Waals surface area contributed by atoms with Gasteiger partial charge in [0.2, 0.25) is 0 Å². The minimum Gasteiger partial charge on any atom is -0.354 e. The lowest BCUT2D eigenvalue weighted by molar-refractivity contribution is 0.887. The van der Waals surface area contributed by atoms with Crippen LogP contribution in [0.25, 0.3) is 5.57 Å². The van der Waals surface area contributed by atoms with Crippen LogP contribution in [0.2, 0.25) is 0 Å². The number of benzene rings is 2. The van der Waals surface area contributed by atoms with Crippen molar-refractivity contribution in [2.75, 3.05) is 0 Å². The van der Waals surface area contributed by atoms with E-state index >= 15 is 0 Å². The summed E-state index contributed by atoms with van der Waals surface area (Å²) in [4.78, 5) is 1.14. The molecule has 2 heteroatoms. The Balaban J connectivity index is 0.00000269. The molecule has 0 radical (unpaired) electrons. The van der Waals surface area contributed by atoms with Gasteiger partial charge in [-0.3, -0.25) is 0 Å². The summed E-state index contributed by atoms with van der Waals surface area (Å²) < 4.78 is 0. The van der Waals surface area contributed by atoms with Gasteiger partial charge in [-0.05, 0) is 98.1 Å². The van der Waals surface area contributed by atoms with Gasteiger partial charge in [-0.25, -0.2) is 0 Å². The lowest BCUT2D eigenvalue weighted by atomic mass is 9.96. The van der Waals surface area contributed by atoms with E-state index in [0.29, 0.717) is 0 Å². The Kier molecular flexibility index (Phi) is 20.2. The van der Waals surface area contributed by atoms with Gasteiger partial charge in [0.05, 0.1) is 5.03 Å². The zero-order chi connectivity index (χ0) is 29.6. The van der Waals surface area contributed by atoms with Crippen molar-refractivity contribution in [1.82, 2.24) is 5.32 Å². The van der Waals surface area contributed by atoms with Crippen molar-refractivity contribution in [3.8, 4) is 0 Å².